The first-order chi connectivity index (χ1) is 12.7. The number of aromatic nitrogens is 1. The van der Waals surface area contributed by atoms with E-state index in [1.54, 1.807) is 6.20 Å². The molecule has 1 aliphatic carbocycles. The van der Waals surface area contributed by atoms with E-state index in [0.29, 0.717) is 18.1 Å². The Balaban J connectivity index is 1.24. The van der Waals surface area contributed by atoms with E-state index >= 15 is 0 Å². The summed E-state index contributed by atoms with van der Waals surface area (Å²) in [5.41, 5.74) is 0. The summed E-state index contributed by atoms with van der Waals surface area (Å²) in [4.78, 5) is 22.1. The van der Waals surface area contributed by atoms with E-state index in [9.17, 15) is 4.79 Å². The van der Waals surface area contributed by atoms with Crippen molar-refractivity contribution in [2.45, 2.75) is 57.1 Å². The molecular formula is C19H28BrN3O2S. The lowest BCUT2D eigenvalue weighted by molar-refractivity contribution is -0.0342. The van der Waals surface area contributed by atoms with Crippen molar-refractivity contribution in [2.24, 2.45) is 5.92 Å². The Labute approximate surface area is 168 Å². The predicted octanol–water partition coefficient (Wildman–Crippen LogP) is 3.79. The van der Waals surface area contributed by atoms with Crippen LogP contribution in [0.25, 0.3) is 0 Å². The first kappa shape index (κ1) is 18.8. The number of rotatable bonds is 5. The zero-order valence-corrected chi connectivity index (χ0v) is 17.6. The summed E-state index contributed by atoms with van der Waals surface area (Å²) in [5, 5.41) is 0. The van der Waals surface area contributed by atoms with E-state index < -0.39 is 0 Å². The predicted molar refractivity (Wildman–Crippen MR) is 107 cm³/mol. The topological polar surface area (TPSA) is 45.7 Å². The maximum atomic E-state index is 12.6. The molecule has 0 spiro atoms. The number of amides is 1. The molecule has 1 aromatic rings. The Morgan fingerprint density at radius 1 is 1.19 bits per heavy atom. The van der Waals surface area contributed by atoms with E-state index in [0.717, 1.165) is 41.3 Å². The van der Waals surface area contributed by atoms with Crippen LogP contribution in [0.3, 0.4) is 0 Å². The summed E-state index contributed by atoms with van der Waals surface area (Å²) in [5.74, 6) is 0.829. The molecule has 0 aromatic carbocycles. The number of halogens is 1. The molecule has 1 aromatic heterocycles. The van der Waals surface area contributed by atoms with Gasteiger partial charge in [-0.05, 0) is 73.3 Å². The molecule has 0 N–H and O–H groups in total. The van der Waals surface area contributed by atoms with E-state index in [-0.39, 0.29) is 5.91 Å². The number of carbonyl (C=O) groups excluding carboxylic acids is 1. The van der Waals surface area contributed by atoms with Crippen molar-refractivity contribution in [3.63, 3.8) is 0 Å². The average Bonchev–Trinajstić information content (AvgIpc) is 3.07. The van der Waals surface area contributed by atoms with Crippen LogP contribution < -0.4 is 0 Å². The lowest BCUT2D eigenvalue weighted by Gasteiger charge is -2.42. The van der Waals surface area contributed by atoms with Gasteiger partial charge >= 0.3 is 0 Å². The number of hydrogen-bond donors (Lipinski definition) is 0. The van der Waals surface area contributed by atoms with Crippen LogP contribution in [-0.2, 0) is 4.74 Å². The molecule has 1 amide bonds. The fourth-order valence-electron chi connectivity index (χ4n) is 4.32. The molecule has 3 heterocycles. The molecule has 4 rings (SSSR count). The molecule has 2 aliphatic heterocycles. The van der Waals surface area contributed by atoms with E-state index in [1.165, 1.54) is 56.5 Å². The van der Waals surface area contributed by atoms with Gasteiger partial charge in [-0.2, -0.15) is 0 Å². The average molecular weight is 442 g/mol. The second-order valence-electron chi connectivity index (χ2n) is 7.89. The molecule has 3 aliphatic rings. The molecule has 3 fully saturated rings. The van der Waals surface area contributed by atoms with Gasteiger partial charge in [0.05, 0.1) is 18.9 Å². The summed E-state index contributed by atoms with van der Waals surface area (Å²) in [6.07, 6.45) is 10.9. The highest BCUT2D eigenvalue weighted by atomic mass is 79.9. The highest BCUT2D eigenvalue weighted by Crippen LogP contribution is 2.28. The van der Waals surface area contributed by atoms with Crippen LogP contribution in [-0.4, -0.2) is 65.6 Å². The SMILES string of the molecule is O=C(c1cnc(Br)s1)N1CCC(N2CCCC(COC3CCC3)C2)CC1. The Kier molecular flexibility index (Phi) is 6.29. The monoisotopic (exact) mass is 441 g/mol. The van der Waals surface area contributed by atoms with Crippen LogP contribution >= 0.6 is 27.3 Å². The Bertz CT molecular complexity index is 614. The van der Waals surface area contributed by atoms with Crippen molar-refractivity contribution in [3.05, 3.63) is 15.0 Å². The number of ether oxygens (including phenoxy) is 1. The van der Waals surface area contributed by atoms with Crippen molar-refractivity contribution >= 4 is 33.2 Å². The Morgan fingerprint density at radius 2 is 2.00 bits per heavy atom. The number of nitrogens with zero attached hydrogens (tertiary/aromatic N) is 3. The first-order valence-electron chi connectivity index (χ1n) is 9.95. The molecule has 144 valence electrons. The molecular weight excluding hydrogens is 414 g/mol. The minimum atomic E-state index is 0.136. The summed E-state index contributed by atoms with van der Waals surface area (Å²) in [7, 11) is 0. The van der Waals surface area contributed by atoms with Crippen LogP contribution in [0, 0.1) is 5.92 Å². The molecule has 2 saturated heterocycles. The second kappa shape index (κ2) is 8.67. The van der Waals surface area contributed by atoms with Crippen LogP contribution in [0.2, 0.25) is 0 Å². The fourth-order valence-corrected chi connectivity index (χ4v) is 5.55. The molecule has 7 heteroatoms. The van der Waals surface area contributed by atoms with Crippen molar-refractivity contribution < 1.29 is 9.53 Å². The van der Waals surface area contributed by atoms with Gasteiger partial charge in [0.25, 0.3) is 5.91 Å². The van der Waals surface area contributed by atoms with E-state index in [4.69, 9.17) is 4.74 Å². The molecule has 0 radical (unpaired) electrons. The first-order valence-corrected chi connectivity index (χ1v) is 11.6. The van der Waals surface area contributed by atoms with E-state index in [1.807, 2.05) is 4.90 Å². The van der Waals surface area contributed by atoms with Gasteiger partial charge in [0, 0.05) is 25.7 Å². The van der Waals surface area contributed by atoms with Crippen LogP contribution in [0.15, 0.2) is 10.1 Å². The number of hydrogen-bond acceptors (Lipinski definition) is 5. The maximum Gasteiger partial charge on any atom is 0.265 e. The third kappa shape index (κ3) is 4.49. The maximum absolute atomic E-state index is 12.6. The minimum Gasteiger partial charge on any atom is -0.378 e. The van der Waals surface area contributed by atoms with Gasteiger partial charge < -0.3 is 9.64 Å². The van der Waals surface area contributed by atoms with Gasteiger partial charge in [0.15, 0.2) is 3.92 Å². The zero-order chi connectivity index (χ0) is 17.9. The minimum absolute atomic E-state index is 0.136. The summed E-state index contributed by atoms with van der Waals surface area (Å²) < 4.78 is 6.84. The summed E-state index contributed by atoms with van der Waals surface area (Å²) >= 11 is 4.76. The standard InChI is InChI=1S/C19H28BrN3O2S/c20-19-21-11-17(26-19)18(24)22-9-6-15(7-10-22)23-8-2-3-14(12-23)13-25-16-4-1-5-16/h11,14-16H,1-10,12-13H2. The van der Waals surface area contributed by atoms with Crippen molar-refractivity contribution in [3.8, 4) is 0 Å². The highest BCUT2D eigenvalue weighted by Gasteiger charge is 2.31. The van der Waals surface area contributed by atoms with Crippen LogP contribution in [0.4, 0.5) is 0 Å². The molecule has 5 nitrogen and oxygen atoms in total. The number of likely N-dealkylation sites (tertiary alicyclic amines) is 2. The smallest absolute Gasteiger partial charge is 0.265 e. The third-order valence-corrected chi connectivity index (χ3v) is 7.59. The zero-order valence-electron chi connectivity index (χ0n) is 15.2. The molecule has 0 bridgehead atoms. The van der Waals surface area contributed by atoms with Gasteiger partial charge in [-0.25, -0.2) is 4.98 Å². The van der Waals surface area contributed by atoms with Gasteiger partial charge in [-0.1, -0.05) is 0 Å². The molecule has 1 unspecified atom stereocenters. The second-order valence-corrected chi connectivity index (χ2v) is 10.2. The van der Waals surface area contributed by atoms with Gasteiger partial charge in [-0.15, -0.1) is 11.3 Å². The Hall–Kier alpha value is -0.500. The quantitative estimate of drug-likeness (QED) is 0.696. The largest absolute Gasteiger partial charge is 0.378 e. The summed E-state index contributed by atoms with van der Waals surface area (Å²) in [6.45, 7) is 5.05. The number of carbonyl (C=O) groups is 1. The third-order valence-electron chi connectivity index (χ3n) is 6.13. The van der Waals surface area contributed by atoms with Crippen molar-refractivity contribution in [1.29, 1.82) is 0 Å². The Morgan fingerprint density at radius 3 is 2.65 bits per heavy atom. The fraction of sp³-hybridized carbons (Fsp3) is 0.789. The lowest BCUT2D eigenvalue weighted by Crippen LogP contribution is -2.50. The molecule has 1 atom stereocenters. The normalized spacial score (nSPS) is 26.0. The van der Waals surface area contributed by atoms with Gasteiger partial charge in [0.2, 0.25) is 0 Å². The summed E-state index contributed by atoms with van der Waals surface area (Å²) in [6, 6.07) is 0.624. The molecule has 1 saturated carbocycles. The van der Waals surface area contributed by atoms with Crippen molar-refractivity contribution in [1.82, 2.24) is 14.8 Å². The molecule has 26 heavy (non-hydrogen) atoms. The van der Waals surface area contributed by atoms with Crippen molar-refractivity contribution in [2.75, 3.05) is 32.8 Å². The van der Waals surface area contributed by atoms with Gasteiger partial charge in [-0.3, -0.25) is 9.69 Å². The number of piperidine rings is 2. The van der Waals surface area contributed by atoms with Crippen LogP contribution in [0.5, 0.6) is 0 Å². The van der Waals surface area contributed by atoms with Gasteiger partial charge in [0.1, 0.15) is 4.88 Å². The van der Waals surface area contributed by atoms with E-state index in [2.05, 4.69) is 25.8 Å². The number of thiazole rings is 1. The van der Waals surface area contributed by atoms with Crippen LogP contribution in [0.1, 0.15) is 54.6 Å². The lowest BCUT2D eigenvalue weighted by atomic mass is 9.93. The highest BCUT2D eigenvalue weighted by molar-refractivity contribution is 9.11.